The fraction of sp³-hybridized carbons (Fsp3) is 0.385. The maximum atomic E-state index is 10.9. The zero-order valence-electron chi connectivity index (χ0n) is 10.3. The van der Waals surface area contributed by atoms with Gasteiger partial charge in [-0.3, -0.25) is 9.59 Å². The van der Waals surface area contributed by atoms with Crippen LogP contribution in [-0.4, -0.2) is 27.4 Å². The summed E-state index contributed by atoms with van der Waals surface area (Å²) in [6.07, 6.45) is -0.356. The van der Waals surface area contributed by atoms with Crippen molar-refractivity contribution in [1.82, 2.24) is 0 Å². The molecule has 0 aromatic heterocycles. The summed E-state index contributed by atoms with van der Waals surface area (Å²) in [7, 11) is 0. The van der Waals surface area contributed by atoms with E-state index in [-0.39, 0.29) is 6.42 Å². The Morgan fingerprint density at radius 2 is 1.94 bits per heavy atom. The predicted molar refractivity (Wildman–Crippen MR) is 70.9 cm³/mol. The van der Waals surface area contributed by atoms with Crippen molar-refractivity contribution in [1.29, 1.82) is 0 Å². The van der Waals surface area contributed by atoms with E-state index >= 15 is 0 Å². The molecule has 0 amide bonds. The maximum absolute atomic E-state index is 10.9. The molecule has 1 rings (SSSR count). The van der Waals surface area contributed by atoms with Gasteiger partial charge in [-0.15, -0.1) is 11.8 Å². The summed E-state index contributed by atoms with van der Waals surface area (Å²) in [5, 5.41) is 16.7. The third kappa shape index (κ3) is 4.41. The van der Waals surface area contributed by atoms with Crippen LogP contribution >= 0.6 is 11.8 Å². The van der Waals surface area contributed by atoms with Crippen LogP contribution in [0.5, 0.6) is 0 Å². The number of aryl methyl sites for hydroxylation is 2. The van der Waals surface area contributed by atoms with Crippen molar-refractivity contribution in [2.45, 2.75) is 31.3 Å². The Labute approximate surface area is 110 Å². The van der Waals surface area contributed by atoms with E-state index < -0.39 is 17.2 Å². The molecule has 0 aliphatic heterocycles. The lowest BCUT2D eigenvalue weighted by atomic mass is 10.1. The Morgan fingerprint density at radius 3 is 2.44 bits per heavy atom. The highest BCUT2D eigenvalue weighted by Gasteiger charge is 2.21. The van der Waals surface area contributed by atoms with E-state index in [1.54, 1.807) is 0 Å². The molecule has 0 saturated heterocycles. The Bertz CT molecular complexity index is 456. The van der Waals surface area contributed by atoms with Gasteiger partial charge in [0.25, 0.3) is 0 Å². The molecule has 0 saturated carbocycles. The normalized spacial score (nSPS) is 12.1. The largest absolute Gasteiger partial charge is 0.481 e. The van der Waals surface area contributed by atoms with E-state index in [0.717, 1.165) is 28.5 Å². The van der Waals surface area contributed by atoms with Crippen LogP contribution in [0, 0.1) is 13.8 Å². The molecule has 1 aromatic carbocycles. The number of benzene rings is 1. The number of hydrogen-bond donors (Lipinski definition) is 2. The van der Waals surface area contributed by atoms with E-state index in [4.69, 9.17) is 10.2 Å². The summed E-state index contributed by atoms with van der Waals surface area (Å²) in [5.74, 6) is -1.65. The maximum Gasteiger partial charge on any atom is 0.317 e. The van der Waals surface area contributed by atoms with E-state index in [0.29, 0.717) is 5.75 Å². The minimum Gasteiger partial charge on any atom is -0.481 e. The quantitative estimate of drug-likeness (QED) is 0.829. The van der Waals surface area contributed by atoms with Gasteiger partial charge in [0.05, 0.1) is 6.42 Å². The molecule has 4 nitrogen and oxygen atoms in total. The van der Waals surface area contributed by atoms with Crippen molar-refractivity contribution in [2.75, 3.05) is 0 Å². The monoisotopic (exact) mass is 268 g/mol. The molecule has 18 heavy (non-hydrogen) atoms. The number of carbonyl (C=O) groups is 2. The highest BCUT2D eigenvalue weighted by atomic mass is 32.2. The molecule has 0 bridgehead atoms. The number of carboxylic acid groups (broad SMARTS) is 2. The molecule has 0 heterocycles. The van der Waals surface area contributed by atoms with E-state index in [2.05, 4.69) is 0 Å². The van der Waals surface area contributed by atoms with E-state index in [1.807, 2.05) is 32.0 Å². The molecule has 0 fully saturated rings. The summed E-state index contributed by atoms with van der Waals surface area (Å²) in [4.78, 5) is 21.5. The van der Waals surface area contributed by atoms with Crippen LogP contribution in [0.4, 0.5) is 0 Å². The lowest BCUT2D eigenvalue weighted by molar-refractivity contribution is -0.142. The van der Waals surface area contributed by atoms with Crippen LogP contribution in [0.2, 0.25) is 0 Å². The van der Waals surface area contributed by atoms with Crippen molar-refractivity contribution in [2.24, 2.45) is 0 Å². The second kappa shape index (κ2) is 6.44. The number of hydrogen-bond acceptors (Lipinski definition) is 3. The molecular formula is C13H16O4S. The second-order valence-corrected chi connectivity index (χ2v) is 5.36. The van der Waals surface area contributed by atoms with Crippen LogP contribution in [0.1, 0.15) is 23.1 Å². The van der Waals surface area contributed by atoms with Crippen molar-refractivity contribution in [3.8, 4) is 0 Å². The molecule has 0 unspecified atom stereocenters. The molecular weight excluding hydrogens is 252 g/mol. The molecule has 5 heteroatoms. The second-order valence-electron chi connectivity index (χ2n) is 4.17. The Hall–Kier alpha value is -1.49. The van der Waals surface area contributed by atoms with Crippen LogP contribution in [0.15, 0.2) is 18.2 Å². The summed E-state index contributed by atoms with van der Waals surface area (Å²) < 4.78 is 0. The summed E-state index contributed by atoms with van der Waals surface area (Å²) in [6, 6.07) is 5.95. The molecule has 1 aromatic rings. The first-order chi connectivity index (χ1) is 8.40. The lowest BCUT2D eigenvalue weighted by Crippen LogP contribution is -2.20. The fourth-order valence-electron chi connectivity index (χ4n) is 1.57. The van der Waals surface area contributed by atoms with Crippen LogP contribution in [0.25, 0.3) is 0 Å². The highest BCUT2D eigenvalue weighted by Crippen LogP contribution is 2.23. The highest BCUT2D eigenvalue weighted by molar-refractivity contribution is 7.99. The van der Waals surface area contributed by atoms with E-state index in [9.17, 15) is 9.59 Å². The zero-order chi connectivity index (χ0) is 13.7. The minimum absolute atomic E-state index is 0.356. The van der Waals surface area contributed by atoms with Gasteiger partial charge in [0.1, 0.15) is 5.25 Å². The first kappa shape index (κ1) is 14.6. The molecule has 98 valence electrons. The van der Waals surface area contributed by atoms with Crippen LogP contribution in [0.3, 0.4) is 0 Å². The topological polar surface area (TPSA) is 74.6 Å². The molecule has 1 atom stereocenters. The third-order valence-corrected chi connectivity index (χ3v) is 3.82. The number of aliphatic carboxylic acids is 2. The van der Waals surface area contributed by atoms with Gasteiger partial charge in [0.2, 0.25) is 0 Å². The van der Waals surface area contributed by atoms with Gasteiger partial charge in [-0.2, -0.15) is 0 Å². The molecule has 0 aliphatic carbocycles. The standard InChI is InChI=1S/C13H16O4S/c1-8-3-4-10(9(2)5-8)7-18-11(13(16)17)6-12(14)15/h3-5,11H,6-7H2,1-2H3,(H,14,15)(H,16,17)/t11-/m1/s1. The van der Waals surface area contributed by atoms with Gasteiger partial charge in [0.15, 0.2) is 0 Å². The van der Waals surface area contributed by atoms with Crippen molar-refractivity contribution < 1.29 is 19.8 Å². The molecule has 0 spiro atoms. The van der Waals surface area contributed by atoms with Crippen molar-refractivity contribution in [3.63, 3.8) is 0 Å². The molecule has 0 radical (unpaired) electrons. The van der Waals surface area contributed by atoms with Crippen molar-refractivity contribution in [3.05, 3.63) is 34.9 Å². The molecule has 0 aliphatic rings. The number of thioether (sulfide) groups is 1. The first-order valence-corrected chi connectivity index (χ1v) is 6.57. The van der Waals surface area contributed by atoms with Gasteiger partial charge < -0.3 is 10.2 Å². The number of rotatable bonds is 6. The fourth-order valence-corrected chi connectivity index (χ4v) is 2.68. The summed E-state index contributed by atoms with van der Waals surface area (Å²) >= 11 is 1.15. The van der Waals surface area contributed by atoms with Crippen molar-refractivity contribution >= 4 is 23.7 Å². The lowest BCUT2D eigenvalue weighted by Gasteiger charge is -2.11. The van der Waals surface area contributed by atoms with Gasteiger partial charge in [-0.05, 0) is 25.0 Å². The van der Waals surface area contributed by atoms with Crippen LogP contribution in [-0.2, 0) is 15.3 Å². The minimum atomic E-state index is -1.09. The number of carboxylic acids is 2. The Kier molecular flexibility index (Phi) is 5.22. The first-order valence-electron chi connectivity index (χ1n) is 5.52. The zero-order valence-corrected chi connectivity index (χ0v) is 11.2. The Morgan fingerprint density at radius 1 is 1.28 bits per heavy atom. The summed E-state index contributed by atoms with van der Waals surface area (Å²) in [6.45, 7) is 3.96. The average Bonchev–Trinajstić information content (AvgIpc) is 2.25. The average molecular weight is 268 g/mol. The van der Waals surface area contributed by atoms with E-state index in [1.165, 1.54) is 0 Å². The van der Waals surface area contributed by atoms with Gasteiger partial charge in [-0.25, -0.2) is 0 Å². The van der Waals surface area contributed by atoms with Crippen LogP contribution < -0.4 is 0 Å². The molecule has 2 N–H and O–H groups in total. The summed E-state index contributed by atoms with van der Waals surface area (Å²) in [5.41, 5.74) is 3.30. The predicted octanol–water partition coefficient (Wildman–Crippen LogP) is 2.46. The third-order valence-electron chi connectivity index (χ3n) is 2.57. The smallest absolute Gasteiger partial charge is 0.317 e. The Balaban J connectivity index is 2.66. The SMILES string of the molecule is Cc1ccc(CS[C@H](CC(=O)O)C(=O)O)c(C)c1. The van der Waals surface area contributed by atoms with Gasteiger partial charge in [-0.1, -0.05) is 23.8 Å². The van der Waals surface area contributed by atoms with Gasteiger partial charge in [0, 0.05) is 5.75 Å². The van der Waals surface area contributed by atoms with Gasteiger partial charge >= 0.3 is 11.9 Å².